The van der Waals surface area contributed by atoms with Crippen LogP contribution in [0, 0.1) is 11.2 Å². The summed E-state index contributed by atoms with van der Waals surface area (Å²) in [6.07, 6.45) is 0.478. The number of methoxy groups -OCH3 is 1. The number of carbonyl (C=O) groups is 3. The fourth-order valence-electron chi connectivity index (χ4n) is 6.34. The molecule has 5 rings (SSSR count). The van der Waals surface area contributed by atoms with E-state index in [9.17, 15) is 14.4 Å². The number of nitrogens with one attached hydrogen (secondary N) is 3. The number of ether oxygens (including phenoxy) is 1. The van der Waals surface area contributed by atoms with Crippen LogP contribution in [-0.2, 0) is 15.0 Å². The minimum Gasteiger partial charge on any atom is -0.496 e. The van der Waals surface area contributed by atoms with Crippen molar-refractivity contribution in [1.29, 1.82) is 0 Å². The topological polar surface area (TPSA) is 123 Å². The van der Waals surface area contributed by atoms with E-state index in [4.69, 9.17) is 33.7 Å². The van der Waals surface area contributed by atoms with Gasteiger partial charge in [0, 0.05) is 34.4 Å². The first-order chi connectivity index (χ1) is 19.8. The van der Waals surface area contributed by atoms with Crippen LogP contribution in [0.3, 0.4) is 0 Å². The third-order valence-corrected chi connectivity index (χ3v) is 8.48. The quantitative estimate of drug-likeness (QED) is 0.287. The van der Waals surface area contributed by atoms with Gasteiger partial charge in [-0.15, -0.1) is 0 Å². The minimum atomic E-state index is -1.38. The number of benzene rings is 3. The Morgan fingerprint density at radius 2 is 1.86 bits per heavy atom. The summed E-state index contributed by atoms with van der Waals surface area (Å²) < 4.78 is 21.2. The summed E-state index contributed by atoms with van der Waals surface area (Å²) in [5.41, 5.74) is 5.50. The Balaban J connectivity index is 1.69. The average molecular weight is 614 g/mol. The Morgan fingerprint density at radius 3 is 2.52 bits per heavy atom. The molecule has 8 nitrogen and oxygen atoms in total. The number of primary amides is 1. The van der Waals surface area contributed by atoms with Crippen LogP contribution >= 0.6 is 23.2 Å². The summed E-state index contributed by atoms with van der Waals surface area (Å²) in [4.78, 5) is 40.1. The van der Waals surface area contributed by atoms with Crippen molar-refractivity contribution in [2.45, 2.75) is 50.6 Å². The van der Waals surface area contributed by atoms with Crippen LogP contribution in [0.25, 0.3) is 0 Å². The van der Waals surface area contributed by atoms with Gasteiger partial charge in [-0.25, -0.2) is 4.39 Å². The Hall–Kier alpha value is -3.66. The predicted octanol–water partition coefficient (Wildman–Crippen LogP) is 5.63. The van der Waals surface area contributed by atoms with E-state index < -0.39 is 41.0 Å². The van der Waals surface area contributed by atoms with Gasteiger partial charge in [-0.05, 0) is 53.3 Å². The van der Waals surface area contributed by atoms with E-state index in [1.807, 2.05) is 20.8 Å². The van der Waals surface area contributed by atoms with Crippen molar-refractivity contribution in [2.24, 2.45) is 11.1 Å². The Morgan fingerprint density at radius 1 is 1.12 bits per heavy atom. The molecule has 2 heterocycles. The molecule has 0 bridgehead atoms. The number of anilines is 2. The standard InChI is InChI=1S/C31H31Cl2FN4O4/c1-30(2,3)14-23-31(19-11-8-15(32)12-21(19)37-29(31)41)24(18-6-5-7-20(33)25(18)34)26(38-23)28(40)36-16-9-10-17(27(35)39)22(13-16)42-4/h5-13,23-24,26,38H,14H2,1-4H3,(H2,35,39)(H,36,40)(H,37,41)/t23-,24+,26+,31?/m0/s1. The molecule has 0 aromatic heterocycles. The van der Waals surface area contributed by atoms with Gasteiger partial charge in [0.05, 0.1) is 23.7 Å². The van der Waals surface area contributed by atoms with Crippen molar-refractivity contribution in [2.75, 3.05) is 17.7 Å². The van der Waals surface area contributed by atoms with Gasteiger partial charge in [-0.3, -0.25) is 14.4 Å². The van der Waals surface area contributed by atoms with Gasteiger partial charge in [-0.1, -0.05) is 62.2 Å². The fourth-order valence-corrected chi connectivity index (χ4v) is 6.70. The van der Waals surface area contributed by atoms with Crippen molar-refractivity contribution in [3.05, 3.63) is 87.2 Å². The third-order valence-electron chi connectivity index (χ3n) is 7.96. The highest BCUT2D eigenvalue weighted by Crippen LogP contribution is 2.57. The van der Waals surface area contributed by atoms with Gasteiger partial charge in [-0.2, -0.15) is 0 Å². The molecule has 1 spiro atoms. The molecule has 5 N–H and O–H groups in total. The van der Waals surface area contributed by atoms with E-state index in [2.05, 4.69) is 16.0 Å². The highest BCUT2D eigenvalue weighted by molar-refractivity contribution is 6.31. The van der Waals surface area contributed by atoms with Crippen molar-refractivity contribution in [3.8, 4) is 5.75 Å². The lowest BCUT2D eigenvalue weighted by Crippen LogP contribution is -2.49. The SMILES string of the molecule is COc1cc(NC(=O)[C@@H]2N[C@@H](CC(C)(C)C)C3(C(=O)Nc4cc(Cl)ccc43)[C@@H]2c2cccc(Cl)c2F)ccc1C(N)=O. The lowest BCUT2D eigenvalue weighted by molar-refractivity contribution is -0.122. The molecule has 1 unspecified atom stereocenters. The third kappa shape index (κ3) is 4.99. The summed E-state index contributed by atoms with van der Waals surface area (Å²) in [6.45, 7) is 6.10. The molecule has 11 heteroatoms. The molecule has 3 aromatic rings. The largest absolute Gasteiger partial charge is 0.496 e. The zero-order valence-electron chi connectivity index (χ0n) is 23.5. The number of rotatable bonds is 6. The predicted molar refractivity (Wildman–Crippen MR) is 161 cm³/mol. The number of amides is 3. The molecule has 2 aliphatic rings. The van der Waals surface area contributed by atoms with Crippen molar-refractivity contribution < 1.29 is 23.5 Å². The Bertz CT molecular complexity index is 1610. The van der Waals surface area contributed by atoms with E-state index in [1.165, 1.54) is 31.4 Å². The first kappa shape index (κ1) is 29.8. The van der Waals surface area contributed by atoms with E-state index in [0.29, 0.717) is 28.4 Å². The molecule has 0 saturated carbocycles. The summed E-state index contributed by atoms with van der Waals surface area (Å²) in [7, 11) is 1.38. The van der Waals surface area contributed by atoms with E-state index in [0.717, 1.165) is 0 Å². The van der Waals surface area contributed by atoms with Crippen LogP contribution in [-0.4, -0.2) is 36.9 Å². The summed E-state index contributed by atoms with van der Waals surface area (Å²) >= 11 is 12.5. The average Bonchev–Trinajstić information content (AvgIpc) is 3.38. The van der Waals surface area contributed by atoms with Crippen LogP contribution in [0.4, 0.5) is 15.8 Å². The van der Waals surface area contributed by atoms with E-state index in [-0.39, 0.29) is 33.2 Å². The van der Waals surface area contributed by atoms with Crippen molar-refractivity contribution in [3.63, 3.8) is 0 Å². The second kappa shape index (κ2) is 10.9. The van der Waals surface area contributed by atoms with Crippen LogP contribution in [0.1, 0.15) is 54.6 Å². The molecule has 4 atom stereocenters. The maximum absolute atomic E-state index is 15.9. The van der Waals surface area contributed by atoms with Crippen molar-refractivity contribution in [1.82, 2.24) is 5.32 Å². The molecule has 2 aliphatic heterocycles. The molecule has 42 heavy (non-hydrogen) atoms. The second-order valence-electron chi connectivity index (χ2n) is 11.9. The van der Waals surface area contributed by atoms with Crippen LogP contribution < -0.4 is 26.4 Å². The van der Waals surface area contributed by atoms with E-state index in [1.54, 1.807) is 30.3 Å². The van der Waals surface area contributed by atoms with Gasteiger partial charge in [0.25, 0.3) is 5.91 Å². The number of carbonyl (C=O) groups excluding carboxylic acids is 3. The maximum Gasteiger partial charge on any atom is 0.252 e. The smallest absolute Gasteiger partial charge is 0.252 e. The second-order valence-corrected chi connectivity index (χ2v) is 12.7. The number of hydrogen-bond donors (Lipinski definition) is 4. The van der Waals surface area contributed by atoms with Crippen LogP contribution in [0.15, 0.2) is 54.6 Å². The normalized spacial score (nSPS) is 23.0. The van der Waals surface area contributed by atoms with Gasteiger partial charge in [0.2, 0.25) is 11.8 Å². The molecule has 3 amide bonds. The molecule has 0 radical (unpaired) electrons. The molecular formula is C31H31Cl2FN4O4. The molecule has 1 fully saturated rings. The van der Waals surface area contributed by atoms with Gasteiger partial charge >= 0.3 is 0 Å². The summed E-state index contributed by atoms with van der Waals surface area (Å²) in [5.74, 6) is -3.09. The number of nitrogens with two attached hydrogens (primary N) is 1. The zero-order valence-corrected chi connectivity index (χ0v) is 25.0. The number of fused-ring (bicyclic) bond motifs is 2. The molecule has 220 valence electrons. The Labute approximate surface area is 253 Å². The minimum absolute atomic E-state index is 0.123. The monoisotopic (exact) mass is 612 g/mol. The maximum atomic E-state index is 15.9. The van der Waals surface area contributed by atoms with Gasteiger partial charge in [0.15, 0.2) is 0 Å². The van der Waals surface area contributed by atoms with Crippen molar-refractivity contribution >= 4 is 52.3 Å². The van der Waals surface area contributed by atoms with Crippen LogP contribution in [0.2, 0.25) is 10.0 Å². The molecule has 0 aliphatic carbocycles. The van der Waals surface area contributed by atoms with E-state index >= 15 is 4.39 Å². The molecule has 3 aromatic carbocycles. The molecular weight excluding hydrogens is 582 g/mol. The van der Waals surface area contributed by atoms with Gasteiger partial charge in [0.1, 0.15) is 17.0 Å². The zero-order chi connectivity index (χ0) is 30.6. The summed E-state index contributed by atoms with van der Waals surface area (Å²) in [6, 6.07) is 12.5. The number of hydrogen-bond acceptors (Lipinski definition) is 5. The first-order valence-electron chi connectivity index (χ1n) is 13.4. The summed E-state index contributed by atoms with van der Waals surface area (Å²) in [5, 5.41) is 9.53. The molecule has 1 saturated heterocycles. The van der Waals surface area contributed by atoms with Gasteiger partial charge < -0.3 is 26.4 Å². The highest BCUT2D eigenvalue weighted by Gasteiger charge is 2.66. The Kier molecular flexibility index (Phi) is 7.72. The van der Waals surface area contributed by atoms with Crippen LogP contribution in [0.5, 0.6) is 5.75 Å². The lowest BCUT2D eigenvalue weighted by atomic mass is 9.62. The lowest BCUT2D eigenvalue weighted by Gasteiger charge is -2.37. The fraction of sp³-hybridized carbons (Fsp3) is 0.323. The highest BCUT2D eigenvalue weighted by atomic mass is 35.5. The number of halogens is 3. The first-order valence-corrected chi connectivity index (χ1v) is 14.1.